The van der Waals surface area contributed by atoms with E-state index in [0.29, 0.717) is 24.5 Å². The fraction of sp³-hybridized carbons (Fsp3) is 0.500. The Bertz CT molecular complexity index is 1160. The summed E-state index contributed by atoms with van der Waals surface area (Å²) < 4.78 is 36.8. The molecule has 3 aromatic rings. The highest BCUT2D eigenvalue weighted by molar-refractivity contribution is 5.83. The van der Waals surface area contributed by atoms with Gasteiger partial charge in [0.2, 0.25) is 5.92 Å². The number of rotatable bonds is 6. The lowest BCUT2D eigenvalue weighted by atomic mass is 9.80. The monoisotopic (exact) mass is 429 g/mol. The Morgan fingerprint density at radius 3 is 2.55 bits per heavy atom. The molecule has 0 saturated heterocycles. The van der Waals surface area contributed by atoms with E-state index in [9.17, 15) is 13.6 Å². The molecule has 2 aromatic heterocycles. The molecule has 0 atom stereocenters. The number of pyridine rings is 1. The minimum absolute atomic E-state index is 0.0264. The van der Waals surface area contributed by atoms with Crippen LogP contribution in [0.1, 0.15) is 50.9 Å². The van der Waals surface area contributed by atoms with Crippen molar-refractivity contribution in [3.05, 3.63) is 52.2 Å². The molecule has 0 unspecified atom stereocenters. The maximum absolute atomic E-state index is 13.6. The van der Waals surface area contributed by atoms with Crippen LogP contribution >= 0.6 is 0 Å². The predicted molar refractivity (Wildman–Crippen MR) is 118 cm³/mol. The third-order valence-electron chi connectivity index (χ3n) is 6.00. The molecule has 1 aliphatic carbocycles. The van der Waals surface area contributed by atoms with Gasteiger partial charge in [0.05, 0.1) is 23.2 Å². The number of aryl methyl sites for hydroxylation is 2. The lowest BCUT2D eigenvalue weighted by molar-refractivity contribution is -0.0898. The molecule has 0 bridgehead atoms. The van der Waals surface area contributed by atoms with E-state index in [-0.39, 0.29) is 24.3 Å². The number of ether oxygens (including phenoxy) is 1. The normalized spacial score (nSPS) is 16.6. The number of hydrogen-bond donors (Lipinski definition) is 0. The van der Waals surface area contributed by atoms with Gasteiger partial charge in [-0.15, -0.1) is 0 Å². The topological polar surface area (TPSA) is 49.1 Å². The zero-order valence-electron chi connectivity index (χ0n) is 18.7. The van der Waals surface area contributed by atoms with Crippen LogP contribution < -0.4 is 5.56 Å². The maximum atomic E-state index is 13.6. The Morgan fingerprint density at radius 2 is 1.94 bits per heavy atom. The van der Waals surface area contributed by atoms with Gasteiger partial charge in [-0.25, -0.2) is 13.8 Å². The van der Waals surface area contributed by atoms with Crippen LogP contribution in [0.4, 0.5) is 8.78 Å². The third kappa shape index (κ3) is 4.15. The maximum Gasteiger partial charge on any atom is 0.253 e. The van der Waals surface area contributed by atoms with E-state index in [1.54, 1.807) is 18.5 Å². The molecule has 0 N–H and O–H groups in total. The van der Waals surface area contributed by atoms with Gasteiger partial charge in [0.1, 0.15) is 5.82 Å². The Labute approximate surface area is 180 Å². The molecule has 7 heteroatoms. The van der Waals surface area contributed by atoms with E-state index in [1.807, 2.05) is 55.8 Å². The highest BCUT2D eigenvalue weighted by Gasteiger charge is 2.48. The van der Waals surface area contributed by atoms with Gasteiger partial charge in [-0.3, -0.25) is 4.79 Å². The summed E-state index contributed by atoms with van der Waals surface area (Å²) in [4.78, 5) is 16.8. The summed E-state index contributed by atoms with van der Waals surface area (Å²) in [7, 11) is 1.74. The molecule has 1 aromatic carbocycles. The Balaban J connectivity index is 1.83. The van der Waals surface area contributed by atoms with Gasteiger partial charge in [-0.1, -0.05) is 6.07 Å². The number of hydrogen-bond acceptors (Lipinski definition) is 3. The van der Waals surface area contributed by atoms with Crippen LogP contribution in [0, 0.1) is 6.92 Å². The number of benzene rings is 1. The van der Waals surface area contributed by atoms with Crippen LogP contribution in [-0.2, 0) is 18.3 Å². The van der Waals surface area contributed by atoms with Crippen molar-refractivity contribution in [2.24, 2.45) is 7.05 Å². The van der Waals surface area contributed by atoms with Crippen LogP contribution in [0.2, 0.25) is 0 Å². The smallest absolute Gasteiger partial charge is 0.253 e. The molecular formula is C24H29F2N3O2. The van der Waals surface area contributed by atoms with Crippen LogP contribution in [0.3, 0.4) is 0 Å². The SMILES string of the molecule is CCOC(C)(C)Cn1c(C2CC(F)(F)C2)nc2ccc(-c3cc(C)c(=O)n(C)c3)cc21. The van der Waals surface area contributed by atoms with E-state index in [0.717, 1.165) is 22.2 Å². The van der Waals surface area contributed by atoms with Gasteiger partial charge in [-0.2, -0.15) is 0 Å². The van der Waals surface area contributed by atoms with E-state index >= 15 is 0 Å². The molecule has 0 radical (unpaired) electrons. The summed E-state index contributed by atoms with van der Waals surface area (Å²) in [6.07, 6.45) is 1.48. The average Bonchev–Trinajstić information content (AvgIpc) is 3.00. The van der Waals surface area contributed by atoms with Gasteiger partial charge in [0.25, 0.3) is 5.56 Å². The fourth-order valence-electron chi connectivity index (χ4n) is 4.50. The zero-order valence-corrected chi connectivity index (χ0v) is 18.7. The molecule has 2 heterocycles. The summed E-state index contributed by atoms with van der Waals surface area (Å²) in [5.41, 5.74) is 3.73. The van der Waals surface area contributed by atoms with Crippen molar-refractivity contribution in [1.82, 2.24) is 14.1 Å². The van der Waals surface area contributed by atoms with Gasteiger partial charge in [0.15, 0.2) is 0 Å². The lowest BCUT2D eigenvalue weighted by Crippen LogP contribution is -2.37. The second-order valence-electron chi connectivity index (χ2n) is 9.24. The fourth-order valence-corrected chi connectivity index (χ4v) is 4.50. The van der Waals surface area contributed by atoms with Crippen molar-refractivity contribution in [3.63, 3.8) is 0 Å². The third-order valence-corrected chi connectivity index (χ3v) is 6.00. The highest BCUT2D eigenvalue weighted by Crippen LogP contribution is 2.48. The van der Waals surface area contributed by atoms with Crippen molar-refractivity contribution >= 4 is 11.0 Å². The highest BCUT2D eigenvalue weighted by atomic mass is 19.3. The first-order chi connectivity index (χ1) is 14.5. The van der Waals surface area contributed by atoms with Crippen LogP contribution in [0.5, 0.6) is 0 Å². The van der Waals surface area contributed by atoms with E-state index in [1.165, 1.54) is 0 Å². The lowest BCUT2D eigenvalue weighted by Gasteiger charge is -2.35. The minimum atomic E-state index is -2.61. The average molecular weight is 430 g/mol. The zero-order chi connectivity index (χ0) is 22.6. The number of fused-ring (bicyclic) bond motifs is 1. The first-order valence-corrected chi connectivity index (χ1v) is 10.7. The first-order valence-electron chi connectivity index (χ1n) is 10.7. The summed E-state index contributed by atoms with van der Waals surface area (Å²) in [5.74, 6) is -2.17. The Morgan fingerprint density at radius 1 is 1.23 bits per heavy atom. The first kappa shape index (κ1) is 21.7. The van der Waals surface area contributed by atoms with Gasteiger partial charge < -0.3 is 13.9 Å². The summed E-state index contributed by atoms with van der Waals surface area (Å²) in [6, 6.07) is 7.80. The van der Waals surface area contributed by atoms with Gasteiger partial charge in [0, 0.05) is 44.2 Å². The molecule has 0 aliphatic heterocycles. The number of halogens is 2. The molecule has 0 spiro atoms. The number of alkyl halides is 2. The molecule has 5 nitrogen and oxygen atoms in total. The Kier molecular flexibility index (Phi) is 5.28. The van der Waals surface area contributed by atoms with Crippen LogP contribution in [0.15, 0.2) is 35.3 Å². The van der Waals surface area contributed by atoms with E-state index in [4.69, 9.17) is 9.72 Å². The van der Waals surface area contributed by atoms with E-state index in [2.05, 4.69) is 0 Å². The molecule has 1 aliphatic rings. The molecule has 0 amide bonds. The predicted octanol–water partition coefficient (Wildman–Crippen LogP) is 5.04. The largest absolute Gasteiger partial charge is 0.374 e. The van der Waals surface area contributed by atoms with Crippen molar-refractivity contribution in [2.45, 2.75) is 64.5 Å². The van der Waals surface area contributed by atoms with Gasteiger partial charge >= 0.3 is 0 Å². The second kappa shape index (κ2) is 7.55. The number of nitrogens with zero attached hydrogens (tertiary/aromatic N) is 3. The van der Waals surface area contributed by atoms with Crippen LogP contribution in [0.25, 0.3) is 22.2 Å². The molecule has 166 valence electrons. The van der Waals surface area contributed by atoms with Crippen molar-refractivity contribution in [3.8, 4) is 11.1 Å². The molecule has 1 saturated carbocycles. The molecule has 4 rings (SSSR count). The minimum Gasteiger partial charge on any atom is -0.374 e. The van der Waals surface area contributed by atoms with Crippen molar-refractivity contribution < 1.29 is 13.5 Å². The Hall–Kier alpha value is -2.54. The molecule has 31 heavy (non-hydrogen) atoms. The van der Waals surface area contributed by atoms with E-state index < -0.39 is 11.5 Å². The van der Waals surface area contributed by atoms with Crippen molar-refractivity contribution in [2.75, 3.05) is 6.61 Å². The van der Waals surface area contributed by atoms with Crippen molar-refractivity contribution in [1.29, 1.82) is 0 Å². The summed E-state index contributed by atoms with van der Waals surface area (Å²) in [6.45, 7) is 8.84. The second-order valence-corrected chi connectivity index (χ2v) is 9.24. The summed E-state index contributed by atoms with van der Waals surface area (Å²) in [5, 5.41) is 0. The molecule has 1 fully saturated rings. The number of imidazole rings is 1. The summed E-state index contributed by atoms with van der Waals surface area (Å²) >= 11 is 0. The standard InChI is InChI=1S/C24H29F2N3O2/c1-6-31-23(3,4)14-29-20-10-16(17-9-15(2)22(30)28(5)13-17)7-8-19(20)27-21(29)18-11-24(25,26)12-18/h7-10,13,18H,6,11-12,14H2,1-5H3. The van der Waals surface area contributed by atoms with Gasteiger partial charge in [-0.05, 0) is 57.0 Å². The molecular weight excluding hydrogens is 400 g/mol. The number of aromatic nitrogens is 3. The quantitative estimate of drug-likeness (QED) is 0.552. The van der Waals surface area contributed by atoms with Crippen LogP contribution in [-0.4, -0.2) is 32.2 Å².